The number of hydrogen-bond acceptors (Lipinski definition) is 3. The number of esters is 1. The van der Waals surface area contributed by atoms with Crippen molar-refractivity contribution in [1.29, 1.82) is 0 Å². The highest BCUT2D eigenvalue weighted by Gasteiger charge is 2.08. The summed E-state index contributed by atoms with van der Waals surface area (Å²) in [5.74, 6) is -0.410. The van der Waals surface area contributed by atoms with Gasteiger partial charge in [0.25, 0.3) is 0 Å². The van der Waals surface area contributed by atoms with Gasteiger partial charge in [-0.1, -0.05) is 20.8 Å². The van der Waals surface area contributed by atoms with Crippen molar-refractivity contribution in [2.45, 2.75) is 20.8 Å². The van der Waals surface area contributed by atoms with Gasteiger partial charge in [-0.2, -0.15) is 0 Å². The molecule has 0 aromatic rings. The Bertz CT molecular complexity index is 83.7. The van der Waals surface area contributed by atoms with Gasteiger partial charge < -0.3 is 10.5 Å². The molecule has 1 atom stereocenters. The molecule has 2 N–H and O–H groups in total. The summed E-state index contributed by atoms with van der Waals surface area (Å²) < 4.78 is 4.38. The molecule has 3 nitrogen and oxygen atoms in total. The summed E-state index contributed by atoms with van der Waals surface area (Å²) in [7, 11) is 1.36. The minimum Gasteiger partial charge on any atom is -0.469 e. The van der Waals surface area contributed by atoms with Gasteiger partial charge in [0.1, 0.15) is 0 Å². The van der Waals surface area contributed by atoms with E-state index in [0.717, 1.165) is 0 Å². The number of hydrogen-bond donors (Lipinski definition) is 1. The second-order valence-electron chi connectivity index (χ2n) is 1.66. The molecule has 0 radical (unpaired) electrons. The van der Waals surface area contributed by atoms with Crippen molar-refractivity contribution in [3.63, 3.8) is 0 Å². The van der Waals surface area contributed by atoms with E-state index in [0.29, 0.717) is 6.54 Å². The Kier molecular flexibility index (Phi) is 10.2. The average Bonchev–Trinajstić information content (AvgIpc) is 2.05. The van der Waals surface area contributed by atoms with Crippen LogP contribution in [0, 0.1) is 5.92 Å². The molecule has 0 spiro atoms. The first-order chi connectivity index (χ1) is 4.72. The number of rotatable bonds is 2. The molecule has 0 bridgehead atoms. The van der Waals surface area contributed by atoms with E-state index >= 15 is 0 Å². The molecule has 0 aromatic heterocycles. The molecular weight excluding hydrogens is 130 g/mol. The zero-order valence-electron chi connectivity index (χ0n) is 7.18. The van der Waals surface area contributed by atoms with E-state index in [4.69, 9.17) is 5.73 Å². The molecule has 1 unspecified atom stereocenters. The average molecular weight is 147 g/mol. The SMILES string of the molecule is CC.COC(=O)C(C)CN. The van der Waals surface area contributed by atoms with E-state index in [9.17, 15) is 4.79 Å². The fraction of sp³-hybridized carbons (Fsp3) is 0.857. The third-order valence-corrected chi connectivity index (χ3v) is 0.957. The van der Waals surface area contributed by atoms with E-state index in [1.54, 1.807) is 6.92 Å². The maximum Gasteiger partial charge on any atom is 0.309 e. The van der Waals surface area contributed by atoms with E-state index in [2.05, 4.69) is 4.74 Å². The number of carbonyl (C=O) groups excluding carboxylic acids is 1. The predicted octanol–water partition coefficient (Wildman–Crippen LogP) is 0.780. The lowest BCUT2D eigenvalue weighted by molar-refractivity contribution is -0.144. The Morgan fingerprint density at radius 2 is 2.00 bits per heavy atom. The third kappa shape index (κ3) is 5.56. The first-order valence-corrected chi connectivity index (χ1v) is 3.50. The van der Waals surface area contributed by atoms with E-state index in [1.807, 2.05) is 13.8 Å². The first kappa shape index (κ1) is 12.1. The lowest BCUT2D eigenvalue weighted by atomic mass is 10.2. The molecular formula is C7H17NO2. The monoisotopic (exact) mass is 147 g/mol. The van der Waals surface area contributed by atoms with Crippen molar-refractivity contribution in [2.75, 3.05) is 13.7 Å². The van der Waals surface area contributed by atoms with Crippen molar-refractivity contribution in [3.05, 3.63) is 0 Å². The second kappa shape index (κ2) is 8.43. The van der Waals surface area contributed by atoms with Gasteiger partial charge in [-0.25, -0.2) is 0 Å². The summed E-state index contributed by atoms with van der Waals surface area (Å²) in [5, 5.41) is 0. The quantitative estimate of drug-likeness (QED) is 0.587. The van der Waals surface area contributed by atoms with Gasteiger partial charge in [-0.3, -0.25) is 4.79 Å². The van der Waals surface area contributed by atoms with Crippen molar-refractivity contribution in [3.8, 4) is 0 Å². The van der Waals surface area contributed by atoms with Crippen molar-refractivity contribution in [2.24, 2.45) is 11.7 Å². The molecule has 0 rings (SSSR count). The van der Waals surface area contributed by atoms with E-state index < -0.39 is 0 Å². The van der Waals surface area contributed by atoms with Gasteiger partial charge in [0.15, 0.2) is 0 Å². The smallest absolute Gasteiger partial charge is 0.309 e. The van der Waals surface area contributed by atoms with Gasteiger partial charge in [0.05, 0.1) is 13.0 Å². The fourth-order valence-electron chi connectivity index (χ4n) is 0.297. The predicted molar refractivity (Wildman–Crippen MR) is 41.6 cm³/mol. The van der Waals surface area contributed by atoms with Crippen LogP contribution in [0.1, 0.15) is 20.8 Å². The second-order valence-corrected chi connectivity index (χ2v) is 1.66. The summed E-state index contributed by atoms with van der Waals surface area (Å²) in [6.07, 6.45) is 0. The normalized spacial score (nSPS) is 10.9. The maximum atomic E-state index is 10.4. The Balaban J connectivity index is 0. The summed E-state index contributed by atoms with van der Waals surface area (Å²) >= 11 is 0. The van der Waals surface area contributed by atoms with Crippen LogP contribution in [0.5, 0.6) is 0 Å². The lowest BCUT2D eigenvalue weighted by Gasteiger charge is -2.02. The Morgan fingerprint density at radius 3 is 2.10 bits per heavy atom. The van der Waals surface area contributed by atoms with Crippen molar-refractivity contribution in [1.82, 2.24) is 0 Å². The van der Waals surface area contributed by atoms with Crippen molar-refractivity contribution < 1.29 is 9.53 Å². The van der Waals surface area contributed by atoms with Crippen LogP contribution in [-0.2, 0) is 9.53 Å². The highest BCUT2D eigenvalue weighted by molar-refractivity contribution is 5.71. The van der Waals surface area contributed by atoms with Gasteiger partial charge in [-0.05, 0) is 0 Å². The molecule has 0 aliphatic rings. The van der Waals surface area contributed by atoms with Crippen LogP contribution in [0.4, 0.5) is 0 Å². The number of ether oxygens (including phenoxy) is 1. The summed E-state index contributed by atoms with van der Waals surface area (Å²) in [6, 6.07) is 0. The topological polar surface area (TPSA) is 52.3 Å². The molecule has 0 saturated heterocycles. The minimum atomic E-state index is -0.243. The van der Waals surface area contributed by atoms with Crippen LogP contribution in [0.15, 0.2) is 0 Å². The van der Waals surface area contributed by atoms with Crippen LogP contribution in [0.25, 0.3) is 0 Å². The Labute approximate surface area is 62.5 Å². The molecule has 62 valence electrons. The molecule has 10 heavy (non-hydrogen) atoms. The van der Waals surface area contributed by atoms with E-state index in [-0.39, 0.29) is 11.9 Å². The summed E-state index contributed by atoms with van der Waals surface area (Å²) in [6.45, 7) is 6.08. The molecule has 0 amide bonds. The maximum absolute atomic E-state index is 10.4. The molecule has 0 fully saturated rings. The number of methoxy groups -OCH3 is 1. The standard InChI is InChI=1S/C5H11NO2.C2H6/c1-4(3-6)5(7)8-2;1-2/h4H,3,6H2,1-2H3;1-2H3. The van der Waals surface area contributed by atoms with Crippen LogP contribution in [-0.4, -0.2) is 19.6 Å². The largest absolute Gasteiger partial charge is 0.469 e. The van der Waals surface area contributed by atoms with Crippen LogP contribution in [0.2, 0.25) is 0 Å². The summed E-state index contributed by atoms with van der Waals surface area (Å²) in [5.41, 5.74) is 5.15. The molecule has 0 heterocycles. The molecule has 0 aliphatic heterocycles. The fourth-order valence-corrected chi connectivity index (χ4v) is 0.297. The van der Waals surface area contributed by atoms with Crippen LogP contribution >= 0.6 is 0 Å². The third-order valence-electron chi connectivity index (χ3n) is 0.957. The zero-order valence-corrected chi connectivity index (χ0v) is 7.18. The molecule has 3 heteroatoms. The van der Waals surface area contributed by atoms with Gasteiger partial charge in [-0.15, -0.1) is 0 Å². The molecule has 0 aliphatic carbocycles. The first-order valence-electron chi connectivity index (χ1n) is 3.50. The zero-order chi connectivity index (χ0) is 8.57. The lowest BCUT2D eigenvalue weighted by Crippen LogP contribution is -2.21. The highest BCUT2D eigenvalue weighted by Crippen LogP contribution is 1.91. The Morgan fingerprint density at radius 1 is 1.60 bits per heavy atom. The molecule has 0 aromatic carbocycles. The van der Waals surface area contributed by atoms with Gasteiger partial charge in [0.2, 0.25) is 0 Å². The van der Waals surface area contributed by atoms with Crippen molar-refractivity contribution >= 4 is 5.97 Å². The van der Waals surface area contributed by atoms with E-state index in [1.165, 1.54) is 7.11 Å². The van der Waals surface area contributed by atoms with Gasteiger partial charge >= 0.3 is 5.97 Å². The van der Waals surface area contributed by atoms with Crippen LogP contribution < -0.4 is 5.73 Å². The number of carbonyl (C=O) groups is 1. The Hall–Kier alpha value is -0.570. The minimum absolute atomic E-state index is 0.167. The highest BCUT2D eigenvalue weighted by atomic mass is 16.5. The van der Waals surface area contributed by atoms with Crippen LogP contribution in [0.3, 0.4) is 0 Å². The number of nitrogens with two attached hydrogens (primary N) is 1. The van der Waals surface area contributed by atoms with Gasteiger partial charge in [0, 0.05) is 6.54 Å². The summed E-state index contributed by atoms with van der Waals surface area (Å²) in [4.78, 5) is 10.4. The molecule has 0 saturated carbocycles.